The van der Waals surface area contributed by atoms with Crippen molar-refractivity contribution in [3.63, 3.8) is 0 Å². The van der Waals surface area contributed by atoms with Crippen LogP contribution in [0.5, 0.6) is 0 Å². The molecular weight excluding hydrogens is 409 g/mol. The van der Waals surface area contributed by atoms with Crippen molar-refractivity contribution < 1.29 is 4.39 Å². The van der Waals surface area contributed by atoms with E-state index in [1.807, 2.05) is 18.7 Å². The average Bonchev–Trinajstić information content (AvgIpc) is 3.52. The lowest BCUT2D eigenvalue weighted by Crippen LogP contribution is -2.48. The summed E-state index contributed by atoms with van der Waals surface area (Å²) in [4.78, 5) is 11.1. The number of nitrogens with two attached hydrogens (primary N) is 1. The van der Waals surface area contributed by atoms with E-state index in [4.69, 9.17) is 5.73 Å². The minimum atomic E-state index is -1.10. The van der Waals surface area contributed by atoms with E-state index in [1.54, 1.807) is 22.8 Å². The van der Waals surface area contributed by atoms with Gasteiger partial charge in [0.25, 0.3) is 0 Å². The lowest BCUT2D eigenvalue weighted by Gasteiger charge is -2.35. The second kappa shape index (κ2) is 7.91. The Hall–Kier alpha value is -3.45. The van der Waals surface area contributed by atoms with Crippen LogP contribution in [0.15, 0.2) is 18.3 Å². The standard InChI is InChI=1S/C22H26FN9/c1-12-10-26-21-20(27-15-3-4-15)29-22(30-32(12)21)28-18-7-14(9-24)8-19(13(18)2)31-6-5-17(25)16(23)11-31/h7-8,10,15-17H,3-6,11,25H2,1-2H3,(H2,27,28,29,30)/t16-,17+/m1/s1. The number of nitrogens with one attached hydrogen (secondary N) is 2. The molecule has 0 amide bonds. The summed E-state index contributed by atoms with van der Waals surface area (Å²) in [5, 5.41) is 20.9. The van der Waals surface area contributed by atoms with Gasteiger partial charge in [0.05, 0.1) is 30.1 Å². The van der Waals surface area contributed by atoms with Crippen LogP contribution in [-0.2, 0) is 0 Å². The zero-order chi connectivity index (χ0) is 22.4. The first-order valence-corrected chi connectivity index (χ1v) is 10.9. The van der Waals surface area contributed by atoms with E-state index in [1.165, 1.54) is 0 Å². The number of piperidine rings is 1. The number of aromatic nitrogens is 4. The Morgan fingerprint density at radius 2 is 2.06 bits per heavy atom. The number of nitriles is 1. The van der Waals surface area contributed by atoms with Crippen LogP contribution in [0.4, 0.5) is 27.5 Å². The van der Waals surface area contributed by atoms with Gasteiger partial charge in [-0.25, -0.2) is 13.9 Å². The van der Waals surface area contributed by atoms with Crippen LogP contribution in [-0.4, -0.2) is 50.9 Å². The number of aryl methyl sites for hydroxylation is 1. The van der Waals surface area contributed by atoms with Crippen LogP contribution in [0.2, 0.25) is 0 Å². The molecule has 9 nitrogen and oxygen atoms in total. The quantitative estimate of drug-likeness (QED) is 0.560. The fraction of sp³-hybridized carbons (Fsp3) is 0.455. The monoisotopic (exact) mass is 435 g/mol. The molecule has 2 aromatic heterocycles. The number of benzene rings is 1. The first kappa shape index (κ1) is 20.5. The SMILES string of the molecule is Cc1c(Nc2nc(NC3CC3)c3ncc(C)n3n2)cc(C#N)cc1N1CC[C@H](N)[C@H](F)C1. The van der Waals surface area contributed by atoms with Crippen molar-refractivity contribution in [2.45, 2.75) is 51.4 Å². The summed E-state index contributed by atoms with van der Waals surface area (Å²) >= 11 is 0. The minimum absolute atomic E-state index is 0.211. The van der Waals surface area contributed by atoms with Gasteiger partial charge < -0.3 is 21.3 Å². The Balaban J connectivity index is 1.52. The fourth-order valence-electron chi connectivity index (χ4n) is 4.05. The molecule has 3 heterocycles. The van der Waals surface area contributed by atoms with Gasteiger partial charge in [-0.05, 0) is 50.8 Å². The highest BCUT2D eigenvalue weighted by Crippen LogP contribution is 2.33. The van der Waals surface area contributed by atoms with Crippen molar-refractivity contribution >= 4 is 28.8 Å². The zero-order valence-electron chi connectivity index (χ0n) is 18.1. The molecule has 1 aliphatic carbocycles. The van der Waals surface area contributed by atoms with Gasteiger partial charge >= 0.3 is 0 Å². The molecule has 0 spiro atoms. The smallest absolute Gasteiger partial charge is 0.247 e. The molecule has 2 atom stereocenters. The number of anilines is 4. The third-order valence-corrected chi connectivity index (χ3v) is 6.14. The van der Waals surface area contributed by atoms with Crippen molar-refractivity contribution in [3.8, 4) is 6.07 Å². The molecule has 0 bridgehead atoms. The van der Waals surface area contributed by atoms with E-state index in [2.05, 4.69) is 31.8 Å². The lowest BCUT2D eigenvalue weighted by atomic mass is 10.0. The Bertz CT molecular complexity index is 1210. The number of rotatable bonds is 5. The number of hydrogen-bond acceptors (Lipinski definition) is 8. The number of fused-ring (bicyclic) bond motifs is 1. The average molecular weight is 436 g/mol. The maximum atomic E-state index is 14.3. The number of alkyl halides is 1. The van der Waals surface area contributed by atoms with Crippen LogP contribution in [0.3, 0.4) is 0 Å². The summed E-state index contributed by atoms with van der Waals surface area (Å²) in [7, 11) is 0. The summed E-state index contributed by atoms with van der Waals surface area (Å²) in [6.45, 7) is 4.74. The summed E-state index contributed by atoms with van der Waals surface area (Å²) < 4.78 is 16.1. The second-order valence-electron chi connectivity index (χ2n) is 8.66. The van der Waals surface area contributed by atoms with E-state index in [0.29, 0.717) is 47.7 Å². The number of imidazole rings is 1. The Morgan fingerprint density at radius 3 is 2.78 bits per heavy atom. The van der Waals surface area contributed by atoms with E-state index in [-0.39, 0.29) is 6.54 Å². The molecule has 4 N–H and O–H groups in total. The van der Waals surface area contributed by atoms with Crippen molar-refractivity contribution in [1.29, 1.82) is 5.26 Å². The predicted molar refractivity (Wildman–Crippen MR) is 121 cm³/mol. The van der Waals surface area contributed by atoms with Gasteiger partial charge in [0.2, 0.25) is 5.95 Å². The molecule has 1 aliphatic heterocycles. The molecule has 3 aromatic rings. The molecule has 2 fully saturated rings. The molecule has 10 heteroatoms. The maximum absolute atomic E-state index is 14.3. The molecule has 1 saturated heterocycles. The highest BCUT2D eigenvalue weighted by molar-refractivity contribution is 5.73. The van der Waals surface area contributed by atoms with Gasteiger partial charge in [0.15, 0.2) is 11.5 Å². The van der Waals surface area contributed by atoms with E-state index in [0.717, 1.165) is 29.8 Å². The first-order chi connectivity index (χ1) is 15.4. The second-order valence-corrected chi connectivity index (χ2v) is 8.66. The van der Waals surface area contributed by atoms with Crippen molar-refractivity contribution in [2.24, 2.45) is 5.73 Å². The molecular formula is C22H26FN9. The molecule has 32 heavy (non-hydrogen) atoms. The molecule has 5 rings (SSSR count). The molecule has 166 valence electrons. The van der Waals surface area contributed by atoms with Crippen molar-refractivity contribution in [1.82, 2.24) is 19.6 Å². The Labute approximate surface area is 185 Å². The summed E-state index contributed by atoms with van der Waals surface area (Å²) in [6.07, 6.45) is 3.45. The molecule has 0 radical (unpaired) electrons. The van der Waals surface area contributed by atoms with Gasteiger partial charge in [0.1, 0.15) is 6.17 Å². The number of halogens is 1. The summed E-state index contributed by atoms with van der Waals surface area (Å²) in [5.74, 6) is 1.08. The fourth-order valence-corrected chi connectivity index (χ4v) is 4.05. The highest BCUT2D eigenvalue weighted by Gasteiger charge is 2.28. The lowest BCUT2D eigenvalue weighted by molar-refractivity contribution is 0.251. The van der Waals surface area contributed by atoms with E-state index >= 15 is 0 Å². The molecule has 1 aromatic carbocycles. The highest BCUT2D eigenvalue weighted by atomic mass is 19.1. The molecule has 0 unspecified atom stereocenters. The van der Waals surface area contributed by atoms with Crippen LogP contribution in [0.25, 0.3) is 5.65 Å². The van der Waals surface area contributed by atoms with E-state index < -0.39 is 12.2 Å². The maximum Gasteiger partial charge on any atom is 0.247 e. The van der Waals surface area contributed by atoms with Crippen LogP contribution >= 0.6 is 0 Å². The van der Waals surface area contributed by atoms with Crippen molar-refractivity contribution in [3.05, 3.63) is 35.2 Å². The third-order valence-electron chi connectivity index (χ3n) is 6.14. The van der Waals surface area contributed by atoms with Gasteiger partial charge in [-0.15, -0.1) is 5.10 Å². The minimum Gasteiger partial charge on any atom is -0.368 e. The molecule has 2 aliphatic rings. The summed E-state index contributed by atoms with van der Waals surface area (Å²) in [5.41, 5.74) is 10.3. The van der Waals surface area contributed by atoms with E-state index in [9.17, 15) is 9.65 Å². The largest absolute Gasteiger partial charge is 0.368 e. The number of nitrogens with zero attached hydrogens (tertiary/aromatic N) is 6. The van der Waals surface area contributed by atoms with Gasteiger partial charge in [-0.1, -0.05) is 0 Å². The first-order valence-electron chi connectivity index (χ1n) is 10.9. The normalized spacial score (nSPS) is 20.9. The summed E-state index contributed by atoms with van der Waals surface area (Å²) in [6, 6.07) is 5.74. The van der Waals surface area contributed by atoms with Gasteiger partial charge in [-0.3, -0.25) is 0 Å². The Morgan fingerprint density at radius 1 is 1.25 bits per heavy atom. The zero-order valence-corrected chi connectivity index (χ0v) is 18.1. The van der Waals surface area contributed by atoms with Gasteiger partial charge in [0, 0.05) is 30.0 Å². The topological polar surface area (TPSA) is 120 Å². The molecule has 1 saturated carbocycles. The third kappa shape index (κ3) is 3.80. The van der Waals surface area contributed by atoms with Crippen LogP contribution < -0.4 is 21.3 Å². The number of hydrogen-bond donors (Lipinski definition) is 3. The Kier molecular flexibility index (Phi) is 5.06. The van der Waals surface area contributed by atoms with Crippen molar-refractivity contribution in [2.75, 3.05) is 28.6 Å². The van der Waals surface area contributed by atoms with Crippen LogP contribution in [0, 0.1) is 25.2 Å². The van der Waals surface area contributed by atoms with Gasteiger partial charge in [-0.2, -0.15) is 10.2 Å². The van der Waals surface area contributed by atoms with Crippen LogP contribution in [0.1, 0.15) is 36.1 Å². The predicted octanol–water partition coefficient (Wildman–Crippen LogP) is 2.81.